The Labute approximate surface area is 243 Å². The van der Waals surface area contributed by atoms with Gasteiger partial charge in [0.15, 0.2) is 0 Å². The van der Waals surface area contributed by atoms with Gasteiger partial charge in [0, 0.05) is 59.7 Å². The highest BCUT2D eigenvalue weighted by Crippen LogP contribution is 2.37. The number of anilines is 2. The average molecular weight is 566 g/mol. The molecule has 1 N–H and O–H groups in total. The summed E-state index contributed by atoms with van der Waals surface area (Å²) in [6.45, 7) is 5.44. The van der Waals surface area contributed by atoms with Gasteiger partial charge < -0.3 is 15.0 Å². The predicted octanol–water partition coefficient (Wildman–Crippen LogP) is 7.77. The highest BCUT2D eigenvalue weighted by atomic mass is 35.5. The van der Waals surface area contributed by atoms with Gasteiger partial charge in [-0.1, -0.05) is 41.9 Å². The molecule has 0 spiro atoms. The molecule has 1 aliphatic heterocycles. The number of aromatic nitrogens is 1. The summed E-state index contributed by atoms with van der Waals surface area (Å²) in [5.74, 6) is 1.27. The minimum absolute atomic E-state index is 0.464. The average Bonchev–Trinajstić information content (AvgIpc) is 3.45. The summed E-state index contributed by atoms with van der Waals surface area (Å²) >= 11 is 8.38. The van der Waals surface area contributed by atoms with Gasteiger partial charge in [-0.05, 0) is 61.1 Å². The number of ether oxygens (including phenoxy) is 1. The number of hydrogen-bond donors (Lipinski definition) is 1. The zero-order valence-corrected chi connectivity index (χ0v) is 23.7. The van der Waals surface area contributed by atoms with E-state index in [1.807, 2.05) is 59.9 Å². The minimum Gasteiger partial charge on any atom is -0.456 e. The van der Waals surface area contributed by atoms with E-state index in [1.54, 1.807) is 12.3 Å². The van der Waals surface area contributed by atoms with Gasteiger partial charge in [0.05, 0.1) is 21.8 Å². The highest BCUT2D eigenvalue weighted by molar-refractivity contribution is 7.15. The van der Waals surface area contributed by atoms with Gasteiger partial charge in [0.25, 0.3) is 0 Å². The molecular formula is C32H28ClN5OS. The molecule has 0 bridgehead atoms. The van der Waals surface area contributed by atoms with Crippen LogP contribution in [0.4, 0.5) is 11.4 Å². The lowest BCUT2D eigenvalue weighted by Crippen LogP contribution is -2.43. The fraction of sp³-hybridized carbons (Fsp3) is 0.188. The Balaban J connectivity index is 1.23. The first kappa shape index (κ1) is 26.3. The number of para-hydroxylation sites is 1. The Morgan fingerprint density at radius 1 is 1.00 bits per heavy atom. The third-order valence-electron chi connectivity index (χ3n) is 7.08. The predicted molar refractivity (Wildman–Crippen MR) is 164 cm³/mol. The van der Waals surface area contributed by atoms with Crippen molar-refractivity contribution in [2.45, 2.75) is 6.54 Å². The van der Waals surface area contributed by atoms with E-state index in [4.69, 9.17) is 16.3 Å². The van der Waals surface area contributed by atoms with Crippen LogP contribution in [0.3, 0.4) is 0 Å². The van der Waals surface area contributed by atoms with Gasteiger partial charge in [-0.25, -0.2) is 0 Å². The molecule has 0 atom stereocenters. The van der Waals surface area contributed by atoms with Crippen LogP contribution in [0.25, 0.3) is 21.3 Å². The van der Waals surface area contributed by atoms with E-state index in [-0.39, 0.29) is 0 Å². The SMILES string of the molecule is CN1CCN(Cc2ccc(-c3ccc4c(Nc5ccc(Oc6ccccc6)c(Cl)c5)c(C#N)cnc4c3)s2)CC1. The van der Waals surface area contributed by atoms with Crippen molar-refractivity contribution in [1.82, 2.24) is 14.8 Å². The maximum atomic E-state index is 9.82. The molecule has 2 aromatic heterocycles. The van der Waals surface area contributed by atoms with Crippen LogP contribution in [0, 0.1) is 11.3 Å². The third kappa shape index (κ3) is 5.81. The van der Waals surface area contributed by atoms with Crippen molar-refractivity contribution >= 4 is 45.2 Å². The van der Waals surface area contributed by atoms with Gasteiger partial charge in [-0.3, -0.25) is 9.88 Å². The first-order valence-electron chi connectivity index (χ1n) is 13.2. The standard InChI is InChI=1S/C32H28ClN5OS/c1-37-13-15-38(16-14-37)21-26-9-12-31(40-26)22-7-10-27-29(17-22)35-20-23(19-34)32(27)36-24-8-11-30(28(33)18-24)39-25-5-3-2-4-6-25/h2-12,17-18,20H,13-16,21H2,1H3,(H,35,36). The third-order valence-corrected chi connectivity index (χ3v) is 8.50. The second-order valence-electron chi connectivity index (χ2n) is 9.92. The quantitative estimate of drug-likeness (QED) is 0.217. The second kappa shape index (κ2) is 11.7. The molecule has 1 fully saturated rings. The van der Waals surface area contributed by atoms with Crippen LogP contribution in [-0.2, 0) is 6.54 Å². The molecule has 5 aromatic rings. The van der Waals surface area contributed by atoms with Crippen molar-refractivity contribution in [2.24, 2.45) is 0 Å². The van der Waals surface area contributed by atoms with Crippen molar-refractivity contribution in [3.05, 3.63) is 101 Å². The van der Waals surface area contributed by atoms with Gasteiger partial charge in [-0.15, -0.1) is 11.3 Å². The van der Waals surface area contributed by atoms with E-state index >= 15 is 0 Å². The topological polar surface area (TPSA) is 64.4 Å². The molecule has 0 aliphatic carbocycles. The maximum Gasteiger partial charge on any atom is 0.146 e. The summed E-state index contributed by atoms with van der Waals surface area (Å²) in [4.78, 5) is 12.1. The number of nitrogens with one attached hydrogen (secondary N) is 1. The Morgan fingerprint density at radius 2 is 1.82 bits per heavy atom. The summed E-state index contributed by atoms with van der Waals surface area (Å²) < 4.78 is 5.91. The molecule has 6 nitrogen and oxygen atoms in total. The number of thiophene rings is 1. The number of nitriles is 1. The van der Waals surface area contributed by atoms with Crippen LogP contribution < -0.4 is 10.1 Å². The van der Waals surface area contributed by atoms with Crippen molar-refractivity contribution < 1.29 is 4.74 Å². The van der Waals surface area contributed by atoms with Crippen LogP contribution in [0.5, 0.6) is 11.5 Å². The van der Waals surface area contributed by atoms with Crippen LogP contribution in [0.1, 0.15) is 10.4 Å². The number of pyridine rings is 1. The summed E-state index contributed by atoms with van der Waals surface area (Å²) in [5.41, 5.74) is 3.87. The molecule has 1 saturated heterocycles. The lowest BCUT2D eigenvalue weighted by atomic mass is 10.1. The van der Waals surface area contributed by atoms with Crippen molar-refractivity contribution in [3.63, 3.8) is 0 Å². The van der Waals surface area contributed by atoms with Gasteiger partial charge in [0.2, 0.25) is 0 Å². The summed E-state index contributed by atoms with van der Waals surface area (Å²) in [7, 11) is 2.18. The first-order valence-corrected chi connectivity index (χ1v) is 14.4. The molecule has 1 aliphatic rings. The number of halogens is 1. The molecule has 8 heteroatoms. The molecule has 3 aromatic carbocycles. The zero-order valence-electron chi connectivity index (χ0n) is 22.1. The number of nitrogens with zero attached hydrogens (tertiary/aromatic N) is 4. The molecule has 0 amide bonds. The van der Waals surface area contributed by atoms with Gasteiger partial charge in [-0.2, -0.15) is 5.26 Å². The van der Waals surface area contributed by atoms with E-state index in [0.717, 1.165) is 54.9 Å². The molecule has 0 unspecified atom stereocenters. The number of fused-ring (bicyclic) bond motifs is 1. The summed E-state index contributed by atoms with van der Waals surface area (Å²) in [5, 5.41) is 14.6. The largest absolute Gasteiger partial charge is 0.456 e. The van der Waals surface area contributed by atoms with E-state index in [1.165, 1.54) is 9.75 Å². The fourth-order valence-corrected chi connectivity index (χ4v) is 6.10. The molecule has 3 heterocycles. The lowest BCUT2D eigenvalue weighted by molar-refractivity contribution is 0.149. The van der Waals surface area contributed by atoms with E-state index in [9.17, 15) is 5.26 Å². The Kier molecular flexibility index (Phi) is 7.67. The Bertz CT molecular complexity index is 1690. The van der Waals surface area contributed by atoms with Gasteiger partial charge in [0.1, 0.15) is 17.6 Å². The fourth-order valence-electron chi connectivity index (χ4n) is 4.83. The molecule has 6 rings (SSSR count). The van der Waals surface area contributed by atoms with Crippen LogP contribution >= 0.6 is 22.9 Å². The molecule has 0 saturated carbocycles. The van der Waals surface area contributed by atoms with E-state index in [0.29, 0.717) is 27.8 Å². The lowest BCUT2D eigenvalue weighted by Gasteiger charge is -2.31. The molecule has 40 heavy (non-hydrogen) atoms. The Morgan fingerprint density at radius 3 is 2.60 bits per heavy atom. The molecule has 0 radical (unpaired) electrons. The number of benzene rings is 3. The minimum atomic E-state index is 0.464. The molecule has 200 valence electrons. The highest BCUT2D eigenvalue weighted by Gasteiger charge is 2.16. The first-order chi connectivity index (χ1) is 19.6. The van der Waals surface area contributed by atoms with Crippen molar-refractivity contribution in [2.75, 3.05) is 38.5 Å². The Hall–Kier alpha value is -3.93. The number of hydrogen-bond acceptors (Lipinski definition) is 7. The maximum absolute atomic E-state index is 9.82. The van der Waals surface area contributed by atoms with Crippen molar-refractivity contribution in [1.29, 1.82) is 5.26 Å². The van der Waals surface area contributed by atoms with Crippen LogP contribution in [-0.4, -0.2) is 48.0 Å². The van der Waals surface area contributed by atoms with E-state index in [2.05, 4.69) is 57.5 Å². The van der Waals surface area contributed by atoms with Gasteiger partial charge >= 0.3 is 0 Å². The van der Waals surface area contributed by atoms with Crippen LogP contribution in [0.2, 0.25) is 5.02 Å². The number of piperazine rings is 1. The van der Waals surface area contributed by atoms with E-state index < -0.39 is 0 Å². The zero-order chi connectivity index (χ0) is 27.5. The molecular weight excluding hydrogens is 538 g/mol. The van der Waals surface area contributed by atoms with Crippen molar-refractivity contribution in [3.8, 4) is 28.0 Å². The second-order valence-corrected chi connectivity index (χ2v) is 11.5. The normalized spacial score (nSPS) is 14.2. The van der Waals surface area contributed by atoms with Crippen LogP contribution in [0.15, 0.2) is 85.1 Å². The number of likely N-dealkylation sites (N-methyl/N-ethyl adjacent to an activating group) is 1. The number of rotatable bonds is 7. The smallest absolute Gasteiger partial charge is 0.146 e. The summed E-state index contributed by atoms with van der Waals surface area (Å²) in [6.07, 6.45) is 1.62. The summed E-state index contributed by atoms with van der Waals surface area (Å²) in [6, 6.07) is 28.0. The monoisotopic (exact) mass is 565 g/mol.